The van der Waals surface area contributed by atoms with E-state index in [0.717, 1.165) is 32.4 Å². The third kappa shape index (κ3) is 2.50. The van der Waals surface area contributed by atoms with Gasteiger partial charge in [0.05, 0.1) is 5.41 Å². The van der Waals surface area contributed by atoms with Crippen molar-refractivity contribution in [1.82, 2.24) is 0 Å². The lowest BCUT2D eigenvalue weighted by molar-refractivity contribution is -0.149. The molecule has 0 unspecified atom stereocenters. The van der Waals surface area contributed by atoms with Gasteiger partial charge in [-0.15, -0.1) is 0 Å². The molecule has 0 atom stereocenters. The standard InChI is InChI=1S/C15H21NO2/c1-3-12-4-6-13(7-5-12)16-10-8-15(2,9-11-16)14(17)18/h4-7H,3,8-11H2,1-2H3,(H,17,18). The minimum Gasteiger partial charge on any atom is -0.481 e. The first kappa shape index (κ1) is 12.9. The van der Waals surface area contributed by atoms with Crippen LogP contribution in [0.5, 0.6) is 0 Å². The average molecular weight is 247 g/mol. The maximum Gasteiger partial charge on any atom is 0.309 e. The molecule has 1 aliphatic rings. The van der Waals surface area contributed by atoms with E-state index in [1.54, 1.807) is 0 Å². The molecule has 0 bridgehead atoms. The van der Waals surface area contributed by atoms with Gasteiger partial charge in [0.25, 0.3) is 0 Å². The number of carbonyl (C=O) groups is 1. The first-order valence-corrected chi connectivity index (χ1v) is 6.62. The molecule has 1 saturated heterocycles. The highest BCUT2D eigenvalue weighted by molar-refractivity contribution is 5.74. The van der Waals surface area contributed by atoms with Crippen LogP contribution in [0, 0.1) is 5.41 Å². The molecule has 0 saturated carbocycles. The number of nitrogens with zero attached hydrogens (tertiary/aromatic N) is 1. The van der Waals surface area contributed by atoms with E-state index in [4.69, 9.17) is 0 Å². The summed E-state index contributed by atoms with van der Waals surface area (Å²) in [6.45, 7) is 5.66. The number of piperidine rings is 1. The van der Waals surface area contributed by atoms with Crippen LogP contribution in [0.15, 0.2) is 24.3 Å². The van der Waals surface area contributed by atoms with Crippen molar-refractivity contribution in [2.24, 2.45) is 5.41 Å². The van der Waals surface area contributed by atoms with Gasteiger partial charge in [0, 0.05) is 18.8 Å². The molecular weight excluding hydrogens is 226 g/mol. The maximum atomic E-state index is 11.2. The number of aliphatic carboxylic acids is 1. The van der Waals surface area contributed by atoms with Crippen LogP contribution < -0.4 is 4.90 Å². The second kappa shape index (κ2) is 5.01. The van der Waals surface area contributed by atoms with Crippen LogP contribution in [0.1, 0.15) is 32.3 Å². The Balaban J connectivity index is 2.03. The molecule has 0 radical (unpaired) electrons. The predicted octanol–water partition coefficient (Wildman–Crippen LogP) is 2.94. The molecule has 0 spiro atoms. The van der Waals surface area contributed by atoms with Crippen LogP contribution in [0.4, 0.5) is 5.69 Å². The number of carboxylic acids is 1. The Morgan fingerprint density at radius 2 is 1.83 bits per heavy atom. The molecule has 1 fully saturated rings. The SMILES string of the molecule is CCc1ccc(N2CCC(C)(C(=O)O)CC2)cc1. The Kier molecular flexibility index (Phi) is 3.60. The Morgan fingerprint density at radius 1 is 1.28 bits per heavy atom. The van der Waals surface area contributed by atoms with Crippen LogP contribution in [-0.2, 0) is 11.2 Å². The summed E-state index contributed by atoms with van der Waals surface area (Å²) in [4.78, 5) is 13.5. The average Bonchev–Trinajstić information content (AvgIpc) is 2.40. The fraction of sp³-hybridized carbons (Fsp3) is 0.533. The van der Waals surface area contributed by atoms with Gasteiger partial charge in [-0.25, -0.2) is 0 Å². The van der Waals surface area contributed by atoms with Crippen molar-refractivity contribution in [3.8, 4) is 0 Å². The van der Waals surface area contributed by atoms with Crippen LogP contribution >= 0.6 is 0 Å². The van der Waals surface area contributed by atoms with E-state index in [1.807, 2.05) is 6.92 Å². The van der Waals surface area contributed by atoms with E-state index in [1.165, 1.54) is 11.3 Å². The van der Waals surface area contributed by atoms with E-state index >= 15 is 0 Å². The normalized spacial score (nSPS) is 18.7. The van der Waals surface area contributed by atoms with E-state index in [-0.39, 0.29) is 0 Å². The number of hydrogen-bond donors (Lipinski definition) is 1. The molecule has 0 aromatic heterocycles. The lowest BCUT2D eigenvalue weighted by Gasteiger charge is -2.37. The van der Waals surface area contributed by atoms with E-state index in [2.05, 4.69) is 36.1 Å². The van der Waals surface area contributed by atoms with Gasteiger partial charge in [0.1, 0.15) is 0 Å². The number of anilines is 1. The number of rotatable bonds is 3. The molecule has 3 nitrogen and oxygen atoms in total. The zero-order chi connectivity index (χ0) is 13.2. The minimum atomic E-state index is -0.663. The molecule has 98 valence electrons. The van der Waals surface area contributed by atoms with Gasteiger partial charge in [-0.3, -0.25) is 4.79 Å². The molecule has 18 heavy (non-hydrogen) atoms. The smallest absolute Gasteiger partial charge is 0.309 e. The topological polar surface area (TPSA) is 40.5 Å². The van der Waals surface area contributed by atoms with Gasteiger partial charge >= 0.3 is 5.97 Å². The van der Waals surface area contributed by atoms with Crippen molar-refractivity contribution >= 4 is 11.7 Å². The Bertz CT molecular complexity index is 417. The van der Waals surface area contributed by atoms with Crippen molar-refractivity contribution < 1.29 is 9.90 Å². The number of hydrogen-bond acceptors (Lipinski definition) is 2. The largest absolute Gasteiger partial charge is 0.481 e. The summed E-state index contributed by atoms with van der Waals surface area (Å²) >= 11 is 0. The third-order valence-electron chi connectivity index (χ3n) is 4.09. The number of aryl methyl sites for hydroxylation is 1. The summed E-state index contributed by atoms with van der Waals surface area (Å²) < 4.78 is 0. The lowest BCUT2D eigenvalue weighted by Crippen LogP contribution is -2.42. The molecular formula is C15H21NO2. The molecule has 1 aromatic carbocycles. The quantitative estimate of drug-likeness (QED) is 0.892. The van der Waals surface area contributed by atoms with Gasteiger partial charge in [-0.05, 0) is 43.9 Å². The molecule has 0 amide bonds. The van der Waals surface area contributed by atoms with Crippen LogP contribution in [0.3, 0.4) is 0 Å². The highest BCUT2D eigenvalue weighted by Gasteiger charge is 2.36. The summed E-state index contributed by atoms with van der Waals surface area (Å²) in [6.07, 6.45) is 2.49. The minimum absolute atomic E-state index is 0.542. The first-order chi connectivity index (χ1) is 8.55. The predicted molar refractivity (Wildman–Crippen MR) is 73.0 cm³/mol. The van der Waals surface area contributed by atoms with Gasteiger partial charge in [-0.1, -0.05) is 19.1 Å². The van der Waals surface area contributed by atoms with Crippen molar-refractivity contribution in [2.75, 3.05) is 18.0 Å². The highest BCUT2D eigenvalue weighted by atomic mass is 16.4. The summed E-state index contributed by atoms with van der Waals surface area (Å²) in [5.41, 5.74) is 2.01. The molecule has 1 heterocycles. The van der Waals surface area contributed by atoms with Crippen LogP contribution in [-0.4, -0.2) is 24.2 Å². The molecule has 3 heteroatoms. The second-order valence-electron chi connectivity index (χ2n) is 5.37. The maximum absolute atomic E-state index is 11.2. The van der Waals surface area contributed by atoms with Crippen molar-refractivity contribution in [1.29, 1.82) is 0 Å². The van der Waals surface area contributed by atoms with E-state index in [9.17, 15) is 9.90 Å². The lowest BCUT2D eigenvalue weighted by atomic mass is 9.80. The molecule has 1 aliphatic heterocycles. The van der Waals surface area contributed by atoms with Gasteiger partial charge in [0.2, 0.25) is 0 Å². The summed E-state index contributed by atoms with van der Waals surface area (Å²) in [7, 11) is 0. The van der Waals surface area contributed by atoms with Gasteiger partial charge in [0.15, 0.2) is 0 Å². The monoisotopic (exact) mass is 247 g/mol. The van der Waals surface area contributed by atoms with Gasteiger partial charge < -0.3 is 10.0 Å². The van der Waals surface area contributed by atoms with Crippen molar-refractivity contribution in [2.45, 2.75) is 33.1 Å². The van der Waals surface area contributed by atoms with Crippen LogP contribution in [0.2, 0.25) is 0 Å². The fourth-order valence-electron chi connectivity index (χ4n) is 2.41. The first-order valence-electron chi connectivity index (χ1n) is 6.62. The Hall–Kier alpha value is -1.51. The third-order valence-corrected chi connectivity index (χ3v) is 4.09. The molecule has 0 aliphatic carbocycles. The van der Waals surface area contributed by atoms with Gasteiger partial charge in [-0.2, -0.15) is 0 Å². The molecule has 2 rings (SSSR count). The summed E-state index contributed by atoms with van der Waals surface area (Å²) in [5, 5.41) is 9.20. The van der Waals surface area contributed by atoms with E-state index in [0.29, 0.717) is 0 Å². The van der Waals surface area contributed by atoms with E-state index < -0.39 is 11.4 Å². The summed E-state index contributed by atoms with van der Waals surface area (Å²) in [5.74, 6) is -0.663. The van der Waals surface area contributed by atoms with Crippen molar-refractivity contribution in [3.63, 3.8) is 0 Å². The summed E-state index contributed by atoms with van der Waals surface area (Å²) in [6, 6.07) is 8.59. The van der Waals surface area contributed by atoms with Crippen LogP contribution in [0.25, 0.3) is 0 Å². The van der Waals surface area contributed by atoms with Crippen molar-refractivity contribution in [3.05, 3.63) is 29.8 Å². The number of benzene rings is 1. The Morgan fingerprint density at radius 3 is 2.28 bits per heavy atom. The highest BCUT2D eigenvalue weighted by Crippen LogP contribution is 2.33. The Labute approximate surface area is 108 Å². The number of carboxylic acid groups (broad SMARTS) is 1. The molecule has 1 aromatic rings. The second-order valence-corrected chi connectivity index (χ2v) is 5.37. The zero-order valence-corrected chi connectivity index (χ0v) is 11.1. The fourth-order valence-corrected chi connectivity index (χ4v) is 2.41. The molecule has 1 N–H and O–H groups in total. The zero-order valence-electron chi connectivity index (χ0n) is 11.1.